The van der Waals surface area contributed by atoms with Crippen molar-refractivity contribution in [2.75, 3.05) is 6.61 Å². The first kappa shape index (κ1) is 15.3. The standard InChI is InChI=1S/C14H13BrO4/c1-3-9-14(12(16)17,13(18)19-4-2)10-7-5-6-8-11(10)15/h1,5-8H,4,9H2,2H3,(H,16,17). The van der Waals surface area contributed by atoms with E-state index < -0.39 is 17.4 Å². The number of ether oxygens (including phenoxy) is 1. The predicted molar refractivity (Wildman–Crippen MR) is 73.5 cm³/mol. The van der Waals surface area contributed by atoms with Crippen LogP contribution >= 0.6 is 15.9 Å². The molecule has 1 aromatic carbocycles. The van der Waals surface area contributed by atoms with Crippen molar-refractivity contribution < 1.29 is 19.4 Å². The second-order valence-electron chi connectivity index (χ2n) is 3.79. The van der Waals surface area contributed by atoms with Crippen LogP contribution in [0.4, 0.5) is 0 Å². The summed E-state index contributed by atoms with van der Waals surface area (Å²) in [6, 6.07) is 6.57. The van der Waals surface area contributed by atoms with Crippen LogP contribution in [0.1, 0.15) is 18.9 Å². The Balaban J connectivity index is 3.50. The summed E-state index contributed by atoms with van der Waals surface area (Å²) in [5.41, 5.74) is -1.59. The van der Waals surface area contributed by atoms with E-state index in [1.54, 1.807) is 31.2 Å². The van der Waals surface area contributed by atoms with E-state index in [4.69, 9.17) is 11.2 Å². The van der Waals surface area contributed by atoms with Gasteiger partial charge in [0, 0.05) is 10.9 Å². The normalized spacial score (nSPS) is 13.1. The number of carboxylic acid groups (broad SMARTS) is 1. The molecular formula is C14H13BrO4. The highest BCUT2D eigenvalue weighted by Gasteiger charge is 2.50. The van der Waals surface area contributed by atoms with E-state index in [9.17, 15) is 14.7 Å². The molecule has 0 aliphatic rings. The third-order valence-electron chi connectivity index (χ3n) is 2.69. The molecule has 0 fully saturated rings. The molecule has 0 aromatic heterocycles. The lowest BCUT2D eigenvalue weighted by atomic mass is 9.77. The van der Waals surface area contributed by atoms with E-state index in [1.165, 1.54) is 0 Å². The number of benzene rings is 1. The summed E-state index contributed by atoms with van der Waals surface area (Å²) in [4.78, 5) is 23.8. The first-order valence-corrected chi connectivity index (χ1v) is 6.39. The highest BCUT2D eigenvalue weighted by molar-refractivity contribution is 9.10. The van der Waals surface area contributed by atoms with Gasteiger partial charge in [-0.2, -0.15) is 0 Å². The van der Waals surface area contributed by atoms with Crippen LogP contribution in [-0.2, 0) is 19.7 Å². The molecule has 0 amide bonds. The Morgan fingerprint density at radius 1 is 1.47 bits per heavy atom. The van der Waals surface area contributed by atoms with E-state index in [2.05, 4.69) is 21.9 Å². The molecule has 0 saturated heterocycles. The lowest BCUT2D eigenvalue weighted by Gasteiger charge is -2.26. The quantitative estimate of drug-likeness (QED) is 0.513. The van der Waals surface area contributed by atoms with Gasteiger partial charge in [0.1, 0.15) is 0 Å². The largest absolute Gasteiger partial charge is 0.480 e. The molecule has 0 heterocycles. The molecule has 0 saturated carbocycles. The molecule has 0 aliphatic carbocycles. The molecule has 19 heavy (non-hydrogen) atoms. The summed E-state index contributed by atoms with van der Waals surface area (Å²) in [5.74, 6) is 0.0749. The van der Waals surface area contributed by atoms with Crippen LogP contribution in [0.2, 0.25) is 0 Å². The number of halogens is 1. The minimum atomic E-state index is -1.88. The minimum Gasteiger partial charge on any atom is -0.480 e. The van der Waals surface area contributed by atoms with Crippen molar-refractivity contribution >= 4 is 27.9 Å². The molecule has 1 N–H and O–H groups in total. The molecule has 4 nitrogen and oxygen atoms in total. The number of esters is 1. The van der Waals surface area contributed by atoms with E-state index in [0.29, 0.717) is 10.0 Å². The highest BCUT2D eigenvalue weighted by Crippen LogP contribution is 2.35. The zero-order valence-electron chi connectivity index (χ0n) is 10.4. The maximum atomic E-state index is 12.1. The Morgan fingerprint density at radius 3 is 2.58 bits per heavy atom. The van der Waals surface area contributed by atoms with E-state index in [-0.39, 0.29) is 13.0 Å². The number of aliphatic carboxylic acids is 1. The fraction of sp³-hybridized carbons (Fsp3) is 0.286. The van der Waals surface area contributed by atoms with Gasteiger partial charge in [0.05, 0.1) is 6.61 Å². The maximum Gasteiger partial charge on any atom is 0.329 e. The average Bonchev–Trinajstić information content (AvgIpc) is 2.36. The molecule has 1 rings (SSSR count). The van der Waals surface area contributed by atoms with Crippen molar-refractivity contribution in [3.63, 3.8) is 0 Å². The van der Waals surface area contributed by atoms with Crippen molar-refractivity contribution in [2.24, 2.45) is 0 Å². The third-order valence-corrected chi connectivity index (χ3v) is 3.38. The molecule has 0 spiro atoms. The number of carbonyl (C=O) groups excluding carboxylic acids is 1. The fourth-order valence-corrected chi connectivity index (χ4v) is 2.39. The second kappa shape index (κ2) is 6.39. The van der Waals surface area contributed by atoms with Crippen LogP contribution in [0.3, 0.4) is 0 Å². The summed E-state index contributed by atoms with van der Waals surface area (Å²) < 4.78 is 5.40. The smallest absolute Gasteiger partial charge is 0.329 e. The van der Waals surface area contributed by atoms with Gasteiger partial charge >= 0.3 is 11.9 Å². The molecule has 1 unspecified atom stereocenters. The monoisotopic (exact) mass is 324 g/mol. The molecule has 0 radical (unpaired) electrons. The average molecular weight is 325 g/mol. The number of rotatable bonds is 5. The van der Waals surface area contributed by atoms with Crippen molar-refractivity contribution in [1.29, 1.82) is 0 Å². The first-order valence-electron chi connectivity index (χ1n) is 5.59. The Kier molecular flexibility index (Phi) is 5.13. The van der Waals surface area contributed by atoms with Crippen LogP contribution < -0.4 is 0 Å². The van der Waals surface area contributed by atoms with Crippen molar-refractivity contribution in [2.45, 2.75) is 18.8 Å². The van der Waals surface area contributed by atoms with E-state index in [1.807, 2.05) is 0 Å². The minimum absolute atomic E-state index is 0.0862. The van der Waals surface area contributed by atoms with Gasteiger partial charge < -0.3 is 9.84 Å². The Bertz CT molecular complexity index is 532. The van der Waals surface area contributed by atoms with Gasteiger partial charge in [0.2, 0.25) is 5.41 Å². The van der Waals surface area contributed by atoms with Gasteiger partial charge in [-0.15, -0.1) is 12.3 Å². The van der Waals surface area contributed by atoms with E-state index in [0.717, 1.165) is 0 Å². The Labute approximate surface area is 119 Å². The van der Waals surface area contributed by atoms with Crippen LogP contribution in [0, 0.1) is 12.3 Å². The van der Waals surface area contributed by atoms with Crippen LogP contribution in [0.15, 0.2) is 28.7 Å². The Morgan fingerprint density at radius 2 is 2.11 bits per heavy atom. The summed E-state index contributed by atoms with van der Waals surface area (Å²) >= 11 is 3.25. The number of carbonyl (C=O) groups is 2. The summed E-state index contributed by atoms with van der Waals surface area (Å²) in [5, 5.41) is 9.51. The highest BCUT2D eigenvalue weighted by atomic mass is 79.9. The van der Waals surface area contributed by atoms with Gasteiger partial charge in [0.15, 0.2) is 0 Å². The molecule has 1 aromatic rings. The number of terminal acetylenes is 1. The second-order valence-corrected chi connectivity index (χ2v) is 4.65. The van der Waals surface area contributed by atoms with Gasteiger partial charge in [0.25, 0.3) is 0 Å². The molecular weight excluding hydrogens is 312 g/mol. The Hall–Kier alpha value is -1.80. The summed E-state index contributed by atoms with van der Waals surface area (Å²) in [7, 11) is 0. The summed E-state index contributed by atoms with van der Waals surface area (Å²) in [6.45, 7) is 1.70. The molecule has 1 atom stereocenters. The lowest BCUT2D eigenvalue weighted by molar-refractivity contribution is -0.161. The molecule has 100 valence electrons. The van der Waals surface area contributed by atoms with Crippen LogP contribution in [0.5, 0.6) is 0 Å². The van der Waals surface area contributed by atoms with Gasteiger partial charge in [-0.3, -0.25) is 9.59 Å². The molecule has 0 aliphatic heterocycles. The van der Waals surface area contributed by atoms with Crippen LogP contribution in [0.25, 0.3) is 0 Å². The van der Waals surface area contributed by atoms with Gasteiger partial charge in [-0.1, -0.05) is 34.1 Å². The van der Waals surface area contributed by atoms with Crippen molar-refractivity contribution in [3.05, 3.63) is 34.3 Å². The topological polar surface area (TPSA) is 63.6 Å². The van der Waals surface area contributed by atoms with Crippen molar-refractivity contribution in [3.8, 4) is 12.3 Å². The van der Waals surface area contributed by atoms with E-state index >= 15 is 0 Å². The third kappa shape index (κ3) is 2.79. The lowest BCUT2D eigenvalue weighted by Crippen LogP contribution is -2.45. The van der Waals surface area contributed by atoms with Gasteiger partial charge in [-0.05, 0) is 18.6 Å². The number of hydrogen-bond donors (Lipinski definition) is 1. The number of hydrogen-bond acceptors (Lipinski definition) is 3. The predicted octanol–water partition coefficient (Wildman–Crippen LogP) is 2.36. The van der Waals surface area contributed by atoms with Crippen LogP contribution in [-0.4, -0.2) is 23.7 Å². The zero-order valence-corrected chi connectivity index (χ0v) is 11.9. The zero-order chi connectivity index (χ0) is 14.5. The molecule has 0 bridgehead atoms. The molecule has 5 heteroatoms. The number of carboxylic acids is 1. The fourth-order valence-electron chi connectivity index (χ4n) is 1.77. The van der Waals surface area contributed by atoms with Gasteiger partial charge in [-0.25, -0.2) is 0 Å². The SMILES string of the molecule is C#CCC(C(=O)O)(C(=O)OCC)c1ccccc1Br. The first-order chi connectivity index (χ1) is 9.00. The van der Waals surface area contributed by atoms with Crippen molar-refractivity contribution in [1.82, 2.24) is 0 Å². The maximum absolute atomic E-state index is 12.1. The summed E-state index contributed by atoms with van der Waals surface area (Å²) in [6.07, 6.45) is 4.96.